The van der Waals surface area contributed by atoms with Gasteiger partial charge < -0.3 is 15.5 Å². The highest BCUT2D eigenvalue weighted by Gasteiger charge is 2.35. The Morgan fingerprint density at radius 2 is 1.96 bits per heavy atom. The van der Waals surface area contributed by atoms with Gasteiger partial charge in [0.05, 0.1) is 5.92 Å². The first-order valence-corrected chi connectivity index (χ1v) is 9.07. The molecule has 5 nitrogen and oxygen atoms in total. The maximum atomic E-state index is 12.5. The molecule has 0 saturated carbocycles. The Labute approximate surface area is 143 Å². The minimum atomic E-state index is -0.234. The van der Waals surface area contributed by atoms with Gasteiger partial charge in [-0.05, 0) is 50.0 Å². The van der Waals surface area contributed by atoms with Gasteiger partial charge in [-0.25, -0.2) is 0 Å². The van der Waals surface area contributed by atoms with E-state index in [1.807, 2.05) is 12.1 Å². The number of aryl methyl sites for hydroxylation is 1. The van der Waals surface area contributed by atoms with Crippen molar-refractivity contribution in [1.82, 2.24) is 10.6 Å². The summed E-state index contributed by atoms with van der Waals surface area (Å²) in [4.78, 5) is 26.5. The van der Waals surface area contributed by atoms with Crippen molar-refractivity contribution in [2.45, 2.75) is 45.1 Å². The quantitative estimate of drug-likeness (QED) is 0.867. The van der Waals surface area contributed by atoms with Crippen LogP contribution in [-0.2, 0) is 16.0 Å². The highest BCUT2D eigenvalue weighted by atomic mass is 16.2. The van der Waals surface area contributed by atoms with Gasteiger partial charge in [0.1, 0.15) is 0 Å². The zero-order chi connectivity index (χ0) is 16.9. The molecule has 2 saturated heterocycles. The van der Waals surface area contributed by atoms with Crippen molar-refractivity contribution < 1.29 is 9.59 Å². The molecule has 2 fully saturated rings. The fourth-order valence-electron chi connectivity index (χ4n) is 3.55. The molecule has 2 heterocycles. The smallest absolute Gasteiger partial charge is 0.227 e. The number of hydrogen-bond acceptors (Lipinski definition) is 3. The van der Waals surface area contributed by atoms with Gasteiger partial charge in [-0.3, -0.25) is 9.59 Å². The molecule has 0 bridgehead atoms. The van der Waals surface area contributed by atoms with Crippen LogP contribution in [0.15, 0.2) is 24.3 Å². The Morgan fingerprint density at radius 3 is 2.62 bits per heavy atom. The molecule has 0 radical (unpaired) electrons. The molecule has 0 aromatic heterocycles. The second kappa shape index (κ2) is 7.79. The summed E-state index contributed by atoms with van der Waals surface area (Å²) in [6.07, 6.45) is 4.41. The van der Waals surface area contributed by atoms with Crippen molar-refractivity contribution in [2.24, 2.45) is 5.92 Å². The Balaban J connectivity index is 1.59. The molecule has 3 rings (SSSR count). The maximum absolute atomic E-state index is 12.5. The van der Waals surface area contributed by atoms with Crippen LogP contribution in [0.5, 0.6) is 0 Å². The lowest BCUT2D eigenvalue weighted by atomic mass is 10.0. The third-order valence-electron chi connectivity index (χ3n) is 4.97. The average molecular weight is 329 g/mol. The molecule has 2 amide bonds. The first-order chi connectivity index (χ1) is 11.7. The summed E-state index contributed by atoms with van der Waals surface area (Å²) in [7, 11) is 0. The number of nitrogens with one attached hydrogen (secondary N) is 2. The molecule has 0 aliphatic carbocycles. The number of amides is 2. The first kappa shape index (κ1) is 17.0. The second-order valence-corrected chi connectivity index (χ2v) is 6.85. The van der Waals surface area contributed by atoms with E-state index in [-0.39, 0.29) is 23.8 Å². The van der Waals surface area contributed by atoms with Crippen molar-refractivity contribution in [3.8, 4) is 0 Å². The normalized spacial score (nSPS) is 22.0. The number of hydrogen-bond donors (Lipinski definition) is 2. The van der Waals surface area contributed by atoms with Gasteiger partial charge in [-0.2, -0.15) is 0 Å². The summed E-state index contributed by atoms with van der Waals surface area (Å²) in [5.74, 6) is -0.160. The Hall–Kier alpha value is -1.88. The fourth-order valence-corrected chi connectivity index (χ4v) is 3.55. The van der Waals surface area contributed by atoms with Crippen LogP contribution >= 0.6 is 0 Å². The number of nitrogens with zero attached hydrogens (tertiary/aromatic N) is 1. The van der Waals surface area contributed by atoms with E-state index in [1.165, 1.54) is 5.56 Å². The average Bonchev–Trinajstić information content (AvgIpc) is 2.99. The molecule has 1 unspecified atom stereocenters. The number of anilines is 1. The number of carbonyl (C=O) groups excluding carboxylic acids is 2. The van der Waals surface area contributed by atoms with Crippen LogP contribution in [0.4, 0.5) is 5.69 Å². The number of piperidine rings is 1. The highest BCUT2D eigenvalue weighted by Crippen LogP contribution is 2.26. The molecule has 1 aromatic carbocycles. The topological polar surface area (TPSA) is 61.4 Å². The van der Waals surface area contributed by atoms with E-state index in [4.69, 9.17) is 0 Å². The molecule has 1 atom stereocenters. The van der Waals surface area contributed by atoms with Gasteiger partial charge in [-0.1, -0.05) is 25.5 Å². The van der Waals surface area contributed by atoms with E-state index >= 15 is 0 Å². The van der Waals surface area contributed by atoms with Crippen LogP contribution in [0.2, 0.25) is 0 Å². The first-order valence-electron chi connectivity index (χ1n) is 9.07. The number of benzene rings is 1. The molecular formula is C19H27N3O2. The number of carbonyl (C=O) groups is 2. The minimum absolute atomic E-state index is 0.0281. The van der Waals surface area contributed by atoms with Crippen molar-refractivity contribution >= 4 is 17.5 Å². The van der Waals surface area contributed by atoms with E-state index in [2.05, 4.69) is 29.7 Å². The SMILES string of the molecule is CCCc1ccc(N2CC(C(=O)NC3CCNCC3)CC2=O)cc1. The Morgan fingerprint density at radius 1 is 1.25 bits per heavy atom. The van der Waals surface area contributed by atoms with Crippen LogP contribution in [0.25, 0.3) is 0 Å². The Kier molecular flexibility index (Phi) is 5.51. The predicted molar refractivity (Wildman–Crippen MR) is 94.9 cm³/mol. The van der Waals surface area contributed by atoms with Crippen LogP contribution in [0, 0.1) is 5.92 Å². The largest absolute Gasteiger partial charge is 0.353 e. The van der Waals surface area contributed by atoms with Crippen LogP contribution < -0.4 is 15.5 Å². The van der Waals surface area contributed by atoms with Gasteiger partial charge in [0.25, 0.3) is 0 Å². The van der Waals surface area contributed by atoms with E-state index in [0.29, 0.717) is 13.0 Å². The number of rotatable bonds is 5. The van der Waals surface area contributed by atoms with Crippen molar-refractivity contribution in [1.29, 1.82) is 0 Å². The van der Waals surface area contributed by atoms with Gasteiger partial charge >= 0.3 is 0 Å². The van der Waals surface area contributed by atoms with Crippen LogP contribution in [-0.4, -0.2) is 37.5 Å². The minimum Gasteiger partial charge on any atom is -0.353 e. The molecule has 2 aliphatic heterocycles. The molecule has 2 N–H and O–H groups in total. The third kappa shape index (κ3) is 3.96. The molecule has 130 valence electrons. The van der Waals surface area contributed by atoms with Crippen LogP contribution in [0.1, 0.15) is 38.2 Å². The zero-order valence-electron chi connectivity index (χ0n) is 14.4. The molecular weight excluding hydrogens is 302 g/mol. The molecule has 0 spiro atoms. The third-order valence-corrected chi connectivity index (χ3v) is 4.97. The summed E-state index contributed by atoms with van der Waals surface area (Å²) >= 11 is 0. The van der Waals surface area contributed by atoms with Gasteiger partial charge in [-0.15, -0.1) is 0 Å². The molecule has 5 heteroatoms. The van der Waals surface area contributed by atoms with Gasteiger partial charge in [0.2, 0.25) is 11.8 Å². The summed E-state index contributed by atoms with van der Waals surface area (Å²) < 4.78 is 0. The predicted octanol–water partition coefficient (Wildman–Crippen LogP) is 1.86. The van der Waals surface area contributed by atoms with Gasteiger partial charge in [0.15, 0.2) is 0 Å². The fraction of sp³-hybridized carbons (Fsp3) is 0.579. The standard InChI is InChI=1S/C19H27N3O2/c1-2-3-14-4-6-17(7-5-14)22-13-15(12-18(22)23)19(24)21-16-8-10-20-11-9-16/h4-7,15-16,20H,2-3,8-13H2,1H3,(H,21,24). The lowest BCUT2D eigenvalue weighted by Crippen LogP contribution is -2.45. The van der Waals surface area contributed by atoms with Crippen molar-refractivity contribution in [3.05, 3.63) is 29.8 Å². The summed E-state index contributed by atoms with van der Waals surface area (Å²) in [6.45, 7) is 4.54. The lowest BCUT2D eigenvalue weighted by Gasteiger charge is -2.25. The summed E-state index contributed by atoms with van der Waals surface area (Å²) in [5.41, 5.74) is 2.19. The second-order valence-electron chi connectivity index (χ2n) is 6.85. The summed E-state index contributed by atoms with van der Waals surface area (Å²) in [5, 5.41) is 6.41. The van der Waals surface area contributed by atoms with Crippen LogP contribution in [0.3, 0.4) is 0 Å². The molecule has 2 aliphatic rings. The highest BCUT2D eigenvalue weighted by molar-refractivity contribution is 6.00. The van der Waals surface area contributed by atoms with E-state index in [1.54, 1.807) is 4.90 Å². The zero-order valence-corrected chi connectivity index (χ0v) is 14.4. The Bertz CT molecular complexity index is 579. The van der Waals surface area contributed by atoms with E-state index in [0.717, 1.165) is 44.5 Å². The lowest BCUT2D eigenvalue weighted by molar-refractivity contribution is -0.127. The van der Waals surface area contributed by atoms with E-state index in [9.17, 15) is 9.59 Å². The van der Waals surface area contributed by atoms with Crippen molar-refractivity contribution in [3.63, 3.8) is 0 Å². The van der Waals surface area contributed by atoms with Gasteiger partial charge in [0, 0.05) is 24.7 Å². The summed E-state index contributed by atoms with van der Waals surface area (Å²) in [6, 6.07) is 8.39. The monoisotopic (exact) mass is 329 g/mol. The molecule has 24 heavy (non-hydrogen) atoms. The van der Waals surface area contributed by atoms with E-state index < -0.39 is 0 Å². The maximum Gasteiger partial charge on any atom is 0.227 e. The van der Waals surface area contributed by atoms with Crippen molar-refractivity contribution in [2.75, 3.05) is 24.5 Å². The molecule has 1 aromatic rings.